The molecule has 2 heterocycles. The van der Waals surface area contributed by atoms with E-state index in [9.17, 15) is 5.11 Å². The molecule has 0 spiro atoms. The molecule has 0 amide bonds. The smallest absolute Gasteiger partial charge is 0.184 e. The minimum atomic E-state index is -0.453. The Labute approximate surface area is 146 Å². The van der Waals surface area contributed by atoms with Crippen LogP contribution in [-0.4, -0.2) is 41.8 Å². The van der Waals surface area contributed by atoms with Gasteiger partial charge < -0.3 is 19.9 Å². The van der Waals surface area contributed by atoms with Crippen molar-refractivity contribution in [3.63, 3.8) is 0 Å². The van der Waals surface area contributed by atoms with E-state index in [1.54, 1.807) is 11.8 Å². The molecule has 2 N–H and O–H groups in total. The number of hydrogen-bond donors (Lipinski definition) is 2. The van der Waals surface area contributed by atoms with Gasteiger partial charge in [0.25, 0.3) is 0 Å². The summed E-state index contributed by atoms with van der Waals surface area (Å²) >= 11 is 1.69. The molecule has 5 atom stereocenters. The number of ether oxygens (including phenoxy) is 2. The Kier molecular flexibility index (Phi) is 4.87. The third kappa shape index (κ3) is 3.36. The lowest BCUT2D eigenvalue weighted by atomic mass is 9.97. The summed E-state index contributed by atoms with van der Waals surface area (Å²) in [4.78, 5) is 1.15. The predicted octanol–water partition coefficient (Wildman–Crippen LogP) is 2.59. The molecular weight excluding hydrogens is 322 g/mol. The maximum atomic E-state index is 10.5. The number of thioether (sulfide) groups is 1. The van der Waals surface area contributed by atoms with E-state index >= 15 is 0 Å². The van der Waals surface area contributed by atoms with E-state index in [0.717, 1.165) is 10.5 Å². The molecule has 2 aromatic carbocycles. The van der Waals surface area contributed by atoms with E-state index in [2.05, 4.69) is 17.4 Å². The Morgan fingerprint density at radius 2 is 1.71 bits per heavy atom. The molecule has 0 aliphatic carbocycles. The Balaban J connectivity index is 1.54. The number of rotatable bonds is 3. The number of piperidine rings is 1. The van der Waals surface area contributed by atoms with Crippen molar-refractivity contribution in [3.05, 3.63) is 66.2 Å². The first-order chi connectivity index (χ1) is 11.8. The first-order valence-electron chi connectivity index (χ1n) is 8.26. The van der Waals surface area contributed by atoms with Crippen LogP contribution in [0.1, 0.15) is 11.9 Å². The summed E-state index contributed by atoms with van der Waals surface area (Å²) in [5, 5.41) is 13.8. The van der Waals surface area contributed by atoms with Crippen LogP contribution in [0.4, 0.5) is 0 Å². The molecule has 2 aliphatic rings. The van der Waals surface area contributed by atoms with E-state index in [-0.39, 0.29) is 23.7 Å². The summed E-state index contributed by atoms with van der Waals surface area (Å²) < 4.78 is 12.2. The van der Waals surface area contributed by atoms with Crippen LogP contribution in [0.15, 0.2) is 65.6 Å². The quantitative estimate of drug-likeness (QED) is 0.897. The summed E-state index contributed by atoms with van der Waals surface area (Å²) in [6, 6.07) is 20.3. The van der Waals surface area contributed by atoms with Crippen molar-refractivity contribution in [2.75, 3.05) is 13.2 Å². The van der Waals surface area contributed by atoms with Crippen LogP contribution in [0, 0.1) is 0 Å². The Hall–Kier alpha value is -1.37. The van der Waals surface area contributed by atoms with Crippen molar-refractivity contribution in [1.82, 2.24) is 5.32 Å². The Morgan fingerprint density at radius 1 is 1.00 bits per heavy atom. The number of aliphatic hydroxyl groups is 1. The van der Waals surface area contributed by atoms with Crippen molar-refractivity contribution in [2.45, 2.75) is 34.7 Å². The molecule has 0 unspecified atom stereocenters. The fourth-order valence-electron chi connectivity index (χ4n) is 3.24. The van der Waals surface area contributed by atoms with Gasteiger partial charge in [-0.15, -0.1) is 11.8 Å². The number of hydrogen-bond acceptors (Lipinski definition) is 5. The fraction of sp³-hybridized carbons (Fsp3) is 0.368. The number of nitrogens with one attached hydrogen (secondary N) is 1. The summed E-state index contributed by atoms with van der Waals surface area (Å²) in [6.45, 7) is 1.15. The molecule has 2 aromatic rings. The van der Waals surface area contributed by atoms with Gasteiger partial charge in [0.1, 0.15) is 0 Å². The van der Waals surface area contributed by atoms with Gasteiger partial charge in [0.05, 0.1) is 30.1 Å². The van der Waals surface area contributed by atoms with Crippen LogP contribution >= 0.6 is 11.8 Å². The molecule has 2 fully saturated rings. The van der Waals surface area contributed by atoms with Crippen molar-refractivity contribution >= 4 is 11.8 Å². The molecule has 126 valence electrons. The molecule has 0 aromatic heterocycles. The van der Waals surface area contributed by atoms with E-state index in [4.69, 9.17) is 9.47 Å². The molecule has 4 nitrogen and oxygen atoms in total. The largest absolute Gasteiger partial charge is 0.391 e. The van der Waals surface area contributed by atoms with Crippen molar-refractivity contribution in [1.29, 1.82) is 0 Å². The van der Waals surface area contributed by atoms with Gasteiger partial charge in [-0.05, 0) is 12.1 Å². The van der Waals surface area contributed by atoms with Gasteiger partial charge in [0, 0.05) is 17.0 Å². The molecular formula is C19H21NO3S. The Morgan fingerprint density at radius 3 is 2.46 bits per heavy atom. The lowest BCUT2D eigenvalue weighted by molar-refractivity contribution is -0.238. The van der Waals surface area contributed by atoms with E-state index < -0.39 is 6.10 Å². The second-order valence-electron chi connectivity index (χ2n) is 6.15. The van der Waals surface area contributed by atoms with Gasteiger partial charge in [0.15, 0.2) is 6.29 Å². The minimum Gasteiger partial charge on any atom is -0.391 e. The lowest BCUT2D eigenvalue weighted by Gasteiger charge is -2.45. The second kappa shape index (κ2) is 7.25. The van der Waals surface area contributed by atoms with Gasteiger partial charge in [0.2, 0.25) is 0 Å². The number of fused-ring (bicyclic) bond motifs is 1. The van der Waals surface area contributed by atoms with Crippen LogP contribution in [0.25, 0.3) is 0 Å². The molecule has 0 saturated carbocycles. The van der Waals surface area contributed by atoms with Crippen LogP contribution in [0.5, 0.6) is 0 Å². The predicted molar refractivity (Wildman–Crippen MR) is 93.9 cm³/mol. The average molecular weight is 343 g/mol. The first-order valence-corrected chi connectivity index (χ1v) is 9.14. The highest BCUT2D eigenvalue weighted by Crippen LogP contribution is 2.37. The average Bonchev–Trinajstić information content (AvgIpc) is 2.65. The highest BCUT2D eigenvalue weighted by atomic mass is 32.2. The maximum absolute atomic E-state index is 10.5. The highest BCUT2D eigenvalue weighted by Gasteiger charge is 2.44. The molecule has 4 rings (SSSR count). The third-order valence-electron chi connectivity index (χ3n) is 4.48. The van der Waals surface area contributed by atoms with Gasteiger partial charge in [-0.1, -0.05) is 48.5 Å². The Bertz CT molecular complexity index is 654. The number of benzene rings is 2. The van der Waals surface area contributed by atoms with Gasteiger partial charge in [-0.3, -0.25) is 0 Å². The zero-order valence-corrected chi connectivity index (χ0v) is 14.1. The third-order valence-corrected chi connectivity index (χ3v) is 5.88. The zero-order valence-electron chi connectivity index (χ0n) is 13.2. The lowest BCUT2D eigenvalue weighted by Crippen LogP contribution is -2.63. The summed E-state index contributed by atoms with van der Waals surface area (Å²) in [5.74, 6) is 0. The topological polar surface area (TPSA) is 50.7 Å². The van der Waals surface area contributed by atoms with Crippen LogP contribution in [-0.2, 0) is 9.47 Å². The maximum Gasteiger partial charge on any atom is 0.184 e. The van der Waals surface area contributed by atoms with Crippen LogP contribution in [0.2, 0.25) is 0 Å². The molecule has 0 bridgehead atoms. The molecule has 2 aliphatic heterocycles. The zero-order chi connectivity index (χ0) is 16.4. The number of aliphatic hydroxyl groups excluding tert-OH is 1. The van der Waals surface area contributed by atoms with Crippen molar-refractivity contribution < 1.29 is 14.6 Å². The summed E-state index contributed by atoms with van der Waals surface area (Å²) in [6.07, 6.45) is -0.928. The summed E-state index contributed by atoms with van der Waals surface area (Å²) in [7, 11) is 0. The van der Waals surface area contributed by atoms with Gasteiger partial charge in [-0.25, -0.2) is 0 Å². The highest BCUT2D eigenvalue weighted by molar-refractivity contribution is 8.00. The fourth-order valence-corrected chi connectivity index (χ4v) is 4.51. The standard InChI is InChI=1S/C19H21NO3S/c21-16-11-20-15-12-22-19(13-7-3-1-4-8-13)23-17(15)18(16)24-14-9-5-2-6-10-14/h1-10,15-21H,11-12H2/t15-,16-,17-,18+,19-/m1/s1. The van der Waals surface area contributed by atoms with Crippen molar-refractivity contribution in [3.8, 4) is 0 Å². The normalized spacial score (nSPS) is 33.0. The van der Waals surface area contributed by atoms with Crippen LogP contribution < -0.4 is 5.32 Å². The van der Waals surface area contributed by atoms with E-state index in [0.29, 0.717) is 13.2 Å². The van der Waals surface area contributed by atoms with Gasteiger partial charge >= 0.3 is 0 Å². The van der Waals surface area contributed by atoms with Gasteiger partial charge in [-0.2, -0.15) is 0 Å². The first kappa shape index (κ1) is 16.1. The number of β-amino-alcohol motifs (C(OH)–C–C–N with tert-alkyl or cyclic N) is 1. The van der Waals surface area contributed by atoms with E-state index in [1.807, 2.05) is 48.5 Å². The minimum absolute atomic E-state index is 0.0197. The monoisotopic (exact) mass is 343 g/mol. The van der Waals surface area contributed by atoms with E-state index in [1.165, 1.54) is 0 Å². The van der Waals surface area contributed by atoms with Crippen LogP contribution in [0.3, 0.4) is 0 Å². The molecule has 24 heavy (non-hydrogen) atoms. The SMILES string of the molecule is O[C@@H]1CN[C@@H]2CO[C@@H](c3ccccc3)O[C@H]2[C@H]1Sc1ccccc1. The molecule has 0 radical (unpaired) electrons. The second-order valence-corrected chi connectivity index (χ2v) is 7.41. The van der Waals surface area contributed by atoms with Crippen molar-refractivity contribution in [2.24, 2.45) is 0 Å². The molecule has 5 heteroatoms. The molecule has 2 saturated heterocycles. The summed E-state index contributed by atoms with van der Waals surface area (Å²) in [5.41, 5.74) is 1.01.